The molecule has 0 spiro atoms. The van der Waals surface area contributed by atoms with Crippen molar-refractivity contribution in [2.24, 2.45) is 0 Å². The summed E-state index contributed by atoms with van der Waals surface area (Å²) >= 11 is 0. The van der Waals surface area contributed by atoms with Crippen LogP contribution in [-0.4, -0.2) is 28.2 Å². The molecule has 1 heterocycles. The van der Waals surface area contributed by atoms with E-state index in [-0.39, 0.29) is 17.9 Å². The molecule has 5 nitrogen and oxygen atoms in total. The van der Waals surface area contributed by atoms with Crippen LogP contribution in [0.25, 0.3) is 22.4 Å². The highest BCUT2D eigenvalue weighted by Crippen LogP contribution is 2.24. The highest BCUT2D eigenvalue weighted by Gasteiger charge is 2.13. The third-order valence-electron chi connectivity index (χ3n) is 4.37. The molecule has 0 bridgehead atoms. The highest BCUT2D eigenvalue weighted by atomic mass is 19.1. The fourth-order valence-corrected chi connectivity index (χ4v) is 2.78. The molecule has 0 aliphatic rings. The van der Waals surface area contributed by atoms with Crippen molar-refractivity contribution in [3.63, 3.8) is 0 Å². The van der Waals surface area contributed by atoms with Crippen LogP contribution in [0.1, 0.15) is 20.3 Å². The van der Waals surface area contributed by atoms with Gasteiger partial charge in [-0.15, -0.1) is 0 Å². The molecule has 2 N–H and O–H groups in total. The number of imidazole rings is 1. The van der Waals surface area contributed by atoms with E-state index in [1.165, 1.54) is 12.1 Å². The first-order valence-corrected chi connectivity index (χ1v) is 8.84. The van der Waals surface area contributed by atoms with Gasteiger partial charge in [0, 0.05) is 24.7 Å². The highest BCUT2D eigenvalue weighted by molar-refractivity contribution is 5.80. The monoisotopic (exact) mass is 354 g/mol. The number of aromatic nitrogens is 2. The number of halogens is 1. The fraction of sp³-hybridized carbons (Fsp3) is 0.300. The maximum atomic E-state index is 13.3. The van der Waals surface area contributed by atoms with Gasteiger partial charge in [0.2, 0.25) is 0 Å². The zero-order valence-electron chi connectivity index (χ0n) is 15.0. The number of hydrogen-bond donors (Lipinski definition) is 2. The Labute approximate surface area is 152 Å². The molecule has 6 heteroatoms. The van der Waals surface area contributed by atoms with E-state index in [1.807, 2.05) is 42.7 Å². The van der Waals surface area contributed by atoms with Crippen LogP contribution in [0.4, 0.5) is 9.18 Å². The quantitative estimate of drug-likeness (QED) is 0.704. The van der Waals surface area contributed by atoms with E-state index in [9.17, 15) is 9.18 Å². The minimum atomic E-state index is -0.278. The van der Waals surface area contributed by atoms with Crippen LogP contribution in [0.15, 0.2) is 48.5 Å². The average molecular weight is 354 g/mol. The number of nitrogens with one attached hydrogen (secondary N) is 2. The van der Waals surface area contributed by atoms with Gasteiger partial charge >= 0.3 is 6.03 Å². The predicted octanol–water partition coefficient (Wildman–Crippen LogP) is 3.94. The van der Waals surface area contributed by atoms with Gasteiger partial charge in [0.1, 0.15) is 11.6 Å². The Morgan fingerprint density at radius 1 is 1.19 bits per heavy atom. The molecule has 0 aliphatic carbocycles. The molecule has 136 valence electrons. The van der Waals surface area contributed by atoms with Crippen molar-refractivity contribution in [1.82, 2.24) is 20.2 Å². The van der Waals surface area contributed by atoms with Gasteiger partial charge in [-0.2, -0.15) is 0 Å². The first-order valence-electron chi connectivity index (χ1n) is 8.84. The topological polar surface area (TPSA) is 59.0 Å². The van der Waals surface area contributed by atoms with Gasteiger partial charge in [-0.3, -0.25) is 0 Å². The Hall–Kier alpha value is -2.89. The minimum Gasteiger partial charge on any atom is -0.336 e. The van der Waals surface area contributed by atoms with Crippen molar-refractivity contribution in [2.75, 3.05) is 6.54 Å². The number of carbonyl (C=O) groups excluding carboxylic acids is 1. The predicted molar refractivity (Wildman–Crippen MR) is 101 cm³/mol. The van der Waals surface area contributed by atoms with E-state index < -0.39 is 0 Å². The molecule has 0 radical (unpaired) electrons. The summed E-state index contributed by atoms with van der Waals surface area (Å²) < 4.78 is 15.3. The summed E-state index contributed by atoms with van der Waals surface area (Å²) in [7, 11) is 0. The normalized spacial score (nSPS) is 12.1. The Morgan fingerprint density at radius 3 is 2.65 bits per heavy atom. The van der Waals surface area contributed by atoms with E-state index in [4.69, 9.17) is 0 Å². The van der Waals surface area contributed by atoms with Crippen LogP contribution in [0.3, 0.4) is 0 Å². The molecule has 3 aromatic rings. The van der Waals surface area contributed by atoms with Crippen LogP contribution in [-0.2, 0) is 6.54 Å². The molecule has 26 heavy (non-hydrogen) atoms. The second-order valence-corrected chi connectivity index (χ2v) is 6.29. The summed E-state index contributed by atoms with van der Waals surface area (Å²) in [4.78, 5) is 16.6. The van der Waals surface area contributed by atoms with E-state index in [2.05, 4.69) is 15.6 Å². The lowest BCUT2D eigenvalue weighted by Gasteiger charge is -2.14. The summed E-state index contributed by atoms with van der Waals surface area (Å²) in [5.41, 5.74) is 2.69. The Balaban J connectivity index is 1.81. The first-order chi connectivity index (χ1) is 12.6. The zero-order valence-corrected chi connectivity index (χ0v) is 15.0. The van der Waals surface area contributed by atoms with Crippen LogP contribution < -0.4 is 10.6 Å². The molecule has 0 saturated heterocycles. The molecule has 2 amide bonds. The van der Waals surface area contributed by atoms with Gasteiger partial charge < -0.3 is 15.2 Å². The molecule has 0 unspecified atom stereocenters. The Bertz CT molecular complexity index is 888. The van der Waals surface area contributed by atoms with Gasteiger partial charge in [-0.25, -0.2) is 14.2 Å². The largest absolute Gasteiger partial charge is 0.336 e. The van der Waals surface area contributed by atoms with Gasteiger partial charge in [0.05, 0.1) is 11.0 Å². The Morgan fingerprint density at radius 2 is 1.92 bits per heavy atom. The maximum Gasteiger partial charge on any atom is 0.315 e. The van der Waals surface area contributed by atoms with Crippen molar-refractivity contribution in [1.29, 1.82) is 0 Å². The number of hydrogen-bond acceptors (Lipinski definition) is 2. The van der Waals surface area contributed by atoms with Gasteiger partial charge in [-0.1, -0.05) is 19.1 Å². The summed E-state index contributed by atoms with van der Waals surface area (Å²) in [6, 6.07) is 14.1. The lowest BCUT2D eigenvalue weighted by atomic mass is 10.2. The molecule has 0 fully saturated rings. The molecule has 0 aliphatic heterocycles. The van der Waals surface area contributed by atoms with Crippen molar-refractivity contribution < 1.29 is 9.18 Å². The average Bonchev–Trinajstić information content (AvgIpc) is 3.01. The molecule has 3 rings (SSSR count). The number of carbonyl (C=O) groups is 1. The van der Waals surface area contributed by atoms with Crippen molar-refractivity contribution in [3.8, 4) is 11.4 Å². The van der Waals surface area contributed by atoms with Crippen LogP contribution >= 0.6 is 0 Å². The number of benzene rings is 2. The van der Waals surface area contributed by atoms with Crippen molar-refractivity contribution >= 4 is 17.1 Å². The second-order valence-electron chi connectivity index (χ2n) is 6.29. The fourth-order valence-electron chi connectivity index (χ4n) is 2.78. The number of amides is 2. The molecule has 0 saturated carbocycles. The molecule has 2 aromatic carbocycles. The van der Waals surface area contributed by atoms with Gasteiger partial charge in [0.15, 0.2) is 0 Å². The third-order valence-corrected chi connectivity index (χ3v) is 4.37. The zero-order chi connectivity index (χ0) is 18.5. The summed E-state index contributed by atoms with van der Waals surface area (Å²) in [6.07, 6.45) is 0.883. The van der Waals surface area contributed by atoms with Crippen molar-refractivity contribution in [3.05, 3.63) is 54.3 Å². The summed E-state index contributed by atoms with van der Waals surface area (Å²) in [6.45, 7) is 5.03. The second kappa shape index (κ2) is 7.99. The third kappa shape index (κ3) is 4.02. The summed E-state index contributed by atoms with van der Waals surface area (Å²) in [5, 5.41) is 5.76. The first kappa shape index (κ1) is 17.9. The molecular weight excluding hydrogens is 331 g/mol. The van der Waals surface area contributed by atoms with Crippen LogP contribution in [0.5, 0.6) is 0 Å². The Kier molecular flexibility index (Phi) is 5.51. The van der Waals surface area contributed by atoms with Gasteiger partial charge in [-0.05, 0) is 49.7 Å². The maximum absolute atomic E-state index is 13.3. The van der Waals surface area contributed by atoms with Crippen LogP contribution in [0, 0.1) is 5.82 Å². The van der Waals surface area contributed by atoms with E-state index in [0.717, 1.165) is 28.8 Å². The SMILES string of the molecule is CC[C@H](C)NC(=O)NCCn1c(-c2ccc(F)cc2)nc2ccccc21. The van der Waals surface area contributed by atoms with E-state index in [0.29, 0.717) is 13.1 Å². The lowest BCUT2D eigenvalue weighted by Crippen LogP contribution is -2.41. The number of urea groups is 1. The van der Waals surface area contributed by atoms with E-state index in [1.54, 1.807) is 12.1 Å². The number of nitrogens with zero attached hydrogens (tertiary/aromatic N) is 2. The smallest absolute Gasteiger partial charge is 0.315 e. The summed E-state index contributed by atoms with van der Waals surface area (Å²) in [5.74, 6) is 0.482. The molecule has 1 aromatic heterocycles. The number of para-hydroxylation sites is 2. The van der Waals surface area contributed by atoms with Crippen LogP contribution in [0.2, 0.25) is 0 Å². The van der Waals surface area contributed by atoms with Gasteiger partial charge in [0.25, 0.3) is 0 Å². The molecular formula is C20H23FN4O. The number of rotatable bonds is 6. The van der Waals surface area contributed by atoms with Crippen molar-refractivity contribution in [2.45, 2.75) is 32.9 Å². The lowest BCUT2D eigenvalue weighted by molar-refractivity contribution is 0.237. The van der Waals surface area contributed by atoms with E-state index >= 15 is 0 Å². The minimum absolute atomic E-state index is 0.138. The standard InChI is InChI=1S/C20H23FN4O/c1-3-14(2)23-20(26)22-12-13-25-18-7-5-4-6-17(18)24-19(25)15-8-10-16(21)11-9-15/h4-11,14H,3,12-13H2,1-2H3,(H2,22,23,26)/t14-/m0/s1. The number of fused-ring (bicyclic) bond motifs is 1. The molecule has 1 atom stereocenters.